The van der Waals surface area contributed by atoms with Gasteiger partial charge >= 0.3 is 5.97 Å². The molecule has 0 bridgehead atoms. The van der Waals surface area contributed by atoms with E-state index in [1.807, 2.05) is 42.5 Å². The number of carbonyl (C=O) groups excluding carboxylic acids is 1. The molecule has 2 atom stereocenters. The summed E-state index contributed by atoms with van der Waals surface area (Å²) >= 11 is 7.61. The van der Waals surface area contributed by atoms with Crippen molar-refractivity contribution in [1.82, 2.24) is 0 Å². The molecule has 0 heterocycles. The van der Waals surface area contributed by atoms with Crippen molar-refractivity contribution >= 4 is 43.5 Å². The summed E-state index contributed by atoms with van der Waals surface area (Å²) in [7, 11) is 0. The molecule has 1 aliphatic rings. The Hall–Kier alpha value is -2.24. The van der Waals surface area contributed by atoms with E-state index in [9.17, 15) is 4.79 Å². The van der Waals surface area contributed by atoms with Gasteiger partial charge in [0, 0.05) is 11.1 Å². The van der Waals surface area contributed by atoms with Crippen LogP contribution >= 0.6 is 31.9 Å². The van der Waals surface area contributed by atoms with Crippen molar-refractivity contribution in [3.05, 3.63) is 107 Å². The highest BCUT2D eigenvalue weighted by molar-refractivity contribution is 9.12. The predicted octanol–water partition coefficient (Wildman–Crippen LogP) is 6.18. The Labute approximate surface area is 174 Å². The highest BCUT2D eigenvalue weighted by Crippen LogP contribution is 2.47. The zero-order valence-corrected chi connectivity index (χ0v) is 17.4. The third kappa shape index (κ3) is 3.49. The number of halogens is 2. The molecule has 0 radical (unpaired) electrons. The second-order valence-electron chi connectivity index (χ2n) is 6.16. The monoisotopic (exact) mass is 483 g/mol. The standard InChI is InChI=1S/C22H15Br2NO2/c23-19-15-10-4-6-12-17(15)21(18-13-7-5-11-16(18)20(19)24)25-27-22(26)14-8-2-1-3-9-14/h1-13,19-20H/t19-,20-/m1/s1. The molecule has 4 rings (SSSR count). The van der Waals surface area contributed by atoms with E-state index in [1.165, 1.54) is 0 Å². The van der Waals surface area contributed by atoms with Crippen molar-refractivity contribution in [2.24, 2.45) is 5.16 Å². The van der Waals surface area contributed by atoms with E-state index in [4.69, 9.17) is 4.84 Å². The van der Waals surface area contributed by atoms with Gasteiger partial charge < -0.3 is 4.84 Å². The average Bonchev–Trinajstić information content (AvgIpc) is 2.82. The summed E-state index contributed by atoms with van der Waals surface area (Å²) in [4.78, 5) is 17.8. The van der Waals surface area contributed by atoms with Gasteiger partial charge in [0.15, 0.2) is 0 Å². The zero-order valence-electron chi connectivity index (χ0n) is 14.2. The van der Waals surface area contributed by atoms with E-state index in [0.29, 0.717) is 11.3 Å². The molecule has 5 heteroatoms. The van der Waals surface area contributed by atoms with E-state index in [1.54, 1.807) is 24.3 Å². The quantitative estimate of drug-likeness (QED) is 0.247. The molecule has 0 saturated carbocycles. The molecule has 0 aliphatic heterocycles. The number of hydrogen-bond acceptors (Lipinski definition) is 3. The molecule has 0 unspecified atom stereocenters. The smallest absolute Gasteiger partial charge is 0.312 e. The lowest BCUT2D eigenvalue weighted by Gasteiger charge is -2.16. The van der Waals surface area contributed by atoms with Crippen LogP contribution in [0.5, 0.6) is 0 Å². The fourth-order valence-electron chi connectivity index (χ4n) is 3.18. The Morgan fingerprint density at radius 3 is 1.78 bits per heavy atom. The topological polar surface area (TPSA) is 38.7 Å². The molecule has 3 nitrogen and oxygen atoms in total. The van der Waals surface area contributed by atoms with Crippen molar-refractivity contribution in [1.29, 1.82) is 0 Å². The first-order valence-corrected chi connectivity index (χ1v) is 10.3. The van der Waals surface area contributed by atoms with E-state index in [0.717, 1.165) is 22.3 Å². The van der Waals surface area contributed by atoms with Crippen LogP contribution in [0.3, 0.4) is 0 Å². The van der Waals surface area contributed by atoms with Crippen LogP contribution < -0.4 is 0 Å². The SMILES string of the molecule is O=C(ON=C1c2ccccc2[C@@H](Br)[C@H](Br)c2ccccc21)c1ccccc1. The van der Waals surface area contributed by atoms with Crippen molar-refractivity contribution in [2.45, 2.75) is 9.65 Å². The highest BCUT2D eigenvalue weighted by Gasteiger charge is 2.31. The number of fused-ring (bicyclic) bond motifs is 2. The summed E-state index contributed by atoms with van der Waals surface area (Å²) in [5.74, 6) is -0.479. The van der Waals surface area contributed by atoms with Gasteiger partial charge in [0.2, 0.25) is 0 Å². The summed E-state index contributed by atoms with van der Waals surface area (Å²) in [5, 5.41) is 4.30. The highest BCUT2D eigenvalue weighted by atomic mass is 79.9. The molecule has 0 spiro atoms. The molecule has 134 valence electrons. The lowest BCUT2D eigenvalue weighted by atomic mass is 9.98. The Kier molecular flexibility index (Phi) is 5.23. The second-order valence-corrected chi connectivity index (χ2v) is 8.14. The number of hydrogen-bond donors (Lipinski definition) is 0. The van der Waals surface area contributed by atoms with Crippen LogP contribution in [-0.2, 0) is 4.84 Å². The maximum Gasteiger partial charge on any atom is 0.365 e. The average molecular weight is 485 g/mol. The minimum Gasteiger partial charge on any atom is -0.312 e. The lowest BCUT2D eigenvalue weighted by Crippen LogP contribution is -2.09. The molecular weight excluding hydrogens is 470 g/mol. The van der Waals surface area contributed by atoms with E-state index in [-0.39, 0.29) is 9.65 Å². The second kappa shape index (κ2) is 7.79. The van der Waals surface area contributed by atoms with Gasteiger partial charge in [0.05, 0.1) is 15.2 Å². The number of oxime groups is 1. The summed E-state index contributed by atoms with van der Waals surface area (Å²) in [6, 6.07) is 24.9. The molecule has 0 saturated heterocycles. The van der Waals surface area contributed by atoms with Crippen LogP contribution in [0.15, 0.2) is 84.0 Å². The molecule has 0 aromatic heterocycles. The number of carbonyl (C=O) groups is 1. The Morgan fingerprint density at radius 2 is 1.22 bits per heavy atom. The van der Waals surface area contributed by atoms with E-state index >= 15 is 0 Å². The molecule has 0 N–H and O–H groups in total. The number of nitrogens with zero attached hydrogens (tertiary/aromatic N) is 1. The molecule has 27 heavy (non-hydrogen) atoms. The van der Waals surface area contributed by atoms with Gasteiger partial charge in [-0.2, -0.15) is 0 Å². The summed E-state index contributed by atoms with van der Waals surface area (Å²) < 4.78 is 0. The van der Waals surface area contributed by atoms with Crippen LogP contribution in [-0.4, -0.2) is 11.7 Å². The van der Waals surface area contributed by atoms with Crippen molar-refractivity contribution in [2.75, 3.05) is 0 Å². The molecule has 1 aliphatic carbocycles. The van der Waals surface area contributed by atoms with E-state index in [2.05, 4.69) is 49.1 Å². The normalized spacial score (nSPS) is 18.1. The van der Waals surface area contributed by atoms with E-state index < -0.39 is 5.97 Å². The van der Waals surface area contributed by atoms with Crippen molar-refractivity contribution in [3.63, 3.8) is 0 Å². The summed E-state index contributed by atoms with van der Waals surface area (Å²) in [5.41, 5.74) is 5.17. The van der Waals surface area contributed by atoms with Crippen LogP contribution in [0.1, 0.15) is 42.3 Å². The van der Waals surface area contributed by atoms with Gasteiger partial charge in [-0.3, -0.25) is 0 Å². The van der Waals surface area contributed by atoms with Crippen molar-refractivity contribution in [3.8, 4) is 0 Å². The van der Waals surface area contributed by atoms with Crippen LogP contribution in [0.25, 0.3) is 0 Å². The van der Waals surface area contributed by atoms with Gasteiger partial charge in [0.1, 0.15) is 5.71 Å². The van der Waals surface area contributed by atoms with Crippen molar-refractivity contribution < 1.29 is 9.63 Å². The number of rotatable bonds is 2. The fourth-order valence-corrected chi connectivity index (χ4v) is 4.55. The maximum absolute atomic E-state index is 12.4. The lowest BCUT2D eigenvalue weighted by molar-refractivity contribution is 0.0517. The van der Waals surface area contributed by atoms with Crippen LogP contribution in [0, 0.1) is 0 Å². The molecule has 3 aromatic rings. The van der Waals surface area contributed by atoms with Gasteiger partial charge in [-0.15, -0.1) is 0 Å². The Balaban J connectivity index is 1.83. The third-order valence-electron chi connectivity index (χ3n) is 4.51. The molecule has 3 aromatic carbocycles. The van der Waals surface area contributed by atoms with Crippen LogP contribution in [0.2, 0.25) is 0 Å². The first-order chi connectivity index (χ1) is 13.2. The fraction of sp³-hybridized carbons (Fsp3) is 0.0909. The maximum atomic E-state index is 12.4. The summed E-state index contributed by atoms with van der Waals surface area (Å²) in [6.45, 7) is 0. The largest absolute Gasteiger partial charge is 0.365 e. The minimum absolute atomic E-state index is 0.0624. The molecule has 0 fully saturated rings. The first-order valence-electron chi connectivity index (χ1n) is 8.48. The Morgan fingerprint density at radius 1 is 0.741 bits per heavy atom. The summed E-state index contributed by atoms with van der Waals surface area (Å²) in [6.07, 6.45) is 0. The Bertz CT molecular complexity index is 964. The van der Waals surface area contributed by atoms with Crippen LogP contribution in [0.4, 0.5) is 0 Å². The zero-order chi connectivity index (χ0) is 18.8. The number of benzene rings is 3. The first kappa shape index (κ1) is 18.1. The van der Waals surface area contributed by atoms with Gasteiger partial charge in [0.25, 0.3) is 0 Å². The van der Waals surface area contributed by atoms with Gasteiger partial charge in [-0.05, 0) is 23.3 Å². The minimum atomic E-state index is -0.479. The number of alkyl halides is 2. The third-order valence-corrected chi connectivity index (χ3v) is 7.27. The molecular formula is C22H15Br2NO2. The van der Waals surface area contributed by atoms with Gasteiger partial charge in [-0.25, -0.2) is 4.79 Å². The molecule has 0 amide bonds. The van der Waals surface area contributed by atoms with Gasteiger partial charge in [-0.1, -0.05) is 104 Å². The predicted molar refractivity (Wildman–Crippen MR) is 114 cm³/mol.